The van der Waals surface area contributed by atoms with Crippen molar-refractivity contribution in [3.8, 4) is 0 Å². The van der Waals surface area contributed by atoms with Gasteiger partial charge in [-0.15, -0.1) is 0 Å². The molecule has 1 aliphatic rings. The van der Waals surface area contributed by atoms with Crippen LogP contribution in [0.4, 0.5) is 0 Å². The van der Waals surface area contributed by atoms with Gasteiger partial charge in [-0.2, -0.15) is 0 Å². The lowest BCUT2D eigenvalue weighted by Gasteiger charge is -2.36. The van der Waals surface area contributed by atoms with Gasteiger partial charge < -0.3 is 11.1 Å². The summed E-state index contributed by atoms with van der Waals surface area (Å²) < 4.78 is 0. The fourth-order valence-corrected chi connectivity index (χ4v) is 2.60. The van der Waals surface area contributed by atoms with Crippen LogP contribution in [0.25, 0.3) is 0 Å². The van der Waals surface area contributed by atoms with Gasteiger partial charge in [0.2, 0.25) is 5.91 Å². The molecule has 1 saturated heterocycles. The topological polar surface area (TPSA) is 58.4 Å². The third-order valence-electron chi connectivity index (χ3n) is 3.34. The largest absolute Gasteiger partial charge is 0.354 e. The summed E-state index contributed by atoms with van der Waals surface area (Å²) >= 11 is 0. The number of aryl methyl sites for hydroxylation is 1. The summed E-state index contributed by atoms with van der Waals surface area (Å²) in [6.45, 7) is 6.06. The van der Waals surface area contributed by atoms with E-state index < -0.39 is 0 Å². The van der Waals surface area contributed by atoms with Crippen LogP contribution in [0.2, 0.25) is 0 Å². The Bertz CT molecular complexity index is 431. The number of hydrogen-bond donors (Lipinski definition) is 2. The summed E-state index contributed by atoms with van der Waals surface area (Å²) in [5, 5.41) is 2.85. The van der Waals surface area contributed by atoms with Gasteiger partial charge in [-0.05, 0) is 19.4 Å². The fraction of sp³-hybridized carbons (Fsp3) is 0.500. The van der Waals surface area contributed by atoms with Gasteiger partial charge in [-0.1, -0.05) is 29.8 Å². The van der Waals surface area contributed by atoms with E-state index in [1.165, 1.54) is 11.1 Å². The van der Waals surface area contributed by atoms with Gasteiger partial charge in [-0.25, -0.2) is 0 Å². The van der Waals surface area contributed by atoms with Crippen molar-refractivity contribution in [1.29, 1.82) is 0 Å². The van der Waals surface area contributed by atoms with Gasteiger partial charge in [0.05, 0.1) is 12.6 Å². The molecule has 18 heavy (non-hydrogen) atoms. The number of nitrogens with one attached hydrogen (secondary N) is 1. The molecule has 2 unspecified atom stereocenters. The first-order valence-corrected chi connectivity index (χ1v) is 6.41. The van der Waals surface area contributed by atoms with E-state index >= 15 is 0 Å². The average molecular weight is 247 g/mol. The normalized spacial score (nSPS) is 20.3. The minimum atomic E-state index is -0.00213. The fourth-order valence-electron chi connectivity index (χ4n) is 2.60. The number of benzene rings is 1. The molecule has 1 fully saturated rings. The number of nitrogens with zero attached hydrogens (tertiary/aromatic N) is 1. The molecule has 1 aromatic carbocycles. The first-order valence-electron chi connectivity index (χ1n) is 6.41. The third-order valence-corrected chi connectivity index (χ3v) is 3.34. The maximum absolute atomic E-state index is 11.5. The van der Waals surface area contributed by atoms with Gasteiger partial charge in [0.15, 0.2) is 0 Å². The van der Waals surface area contributed by atoms with E-state index in [2.05, 4.69) is 35.3 Å². The highest BCUT2D eigenvalue weighted by Gasteiger charge is 2.27. The number of nitrogens with two attached hydrogens (primary N) is 1. The Hall–Kier alpha value is -1.39. The maximum atomic E-state index is 11.5. The van der Waals surface area contributed by atoms with Crippen LogP contribution in [-0.2, 0) is 4.79 Å². The second kappa shape index (κ2) is 5.50. The minimum absolute atomic E-state index is 0.00213. The van der Waals surface area contributed by atoms with Crippen LogP contribution in [0.1, 0.15) is 24.1 Å². The number of hydrogen-bond acceptors (Lipinski definition) is 3. The lowest BCUT2D eigenvalue weighted by Crippen LogP contribution is -2.52. The summed E-state index contributed by atoms with van der Waals surface area (Å²) in [5.41, 5.74) is 8.54. The predicted octanol–water partition coefficient (Wildman–Crippen LogP) is 0.815. The molecule has 4 heteroatoms. The number of carbonyl (C=O) groups excluding carboxylic acids is 1. The number of rotatable bonds is 3. The van der Waals surface area contributed by atoms with Crippen molar-refractivity contribution in [3.63, 3.8) is 0 Å². The summed E-state index contributed by atoms with van der Waals surface area (Å²) in [6, 6.07) is 8.47. The lowest BCUT2D eigenvalue weighted by atomic mass is 9.97. The summed E-state index contributed by atoms with van der Waals surface area (Å²) in [6.07, 6.45) is 0. The smallest absolute Gasteiger partial charge is 0.234 e. The molecule has 1 aliphatic heterocycles. The lowest BCUT2D eigenvalue weighted by molar-refractivity contribution is -0.125. The van der Waals surface area contributed by atoms with E-state index in [9.17, 15) is 4.79 Å². The third kappa shape index (κ3) is 2.89. The van der Waals surface area contributed by atoms with Crippen molar-refractivity contribution in [1.82, 2.24) is 10.2 Å². The highest BCUT2D eigenvalue weighted by atomic mass is 16.2. The molecular formula is C14H21N3O. The molecule has 0 radical (unpaired) electrons. The molecule has 1 amide bonds. The summed E-state index contributed by atoms with van der Waals surface area (Å²) in [5.74, 6) is 0.0829. The standard InChI is InChI=1S/C14H21N3O/c1-10-4-3-5-12(8-10)14(11(2)15)17-7-6-16-13(18)9-17/h3-5,8,11,14H,6-7,9,15H2,1-2H3,(H,16,18). The van der Waals surface area contributed by atoms with Crippen molar-refractivity contribution in [2.75, 3.05) is 19.6 Å². The molecule has 1 heterocycles. The van der Waals surface area contributed by atoms with Crippen molar-refractivity contribution in [2.45, 2.75) is 25.9 Å². The first kappa shape index (κ1) is 13.1. The van der Waals surface area contributed by atoms with Crippen LogP contribution in [0.15, 0.2) is 24.3 Å². The number of piperazine rings is 1. The van der Waals surface area contributed by atoms with Gasteiger partial charge in [0, 0.05) is 19.1 Å². The van der Waals surface area contributed by atoms with Crippen LogP contribution in [0.3, 0.4) is 0 Å². The predicted molar refractivity (Wildman–Crippen MR) is 72.2 cm³/mol. The van der Waals surface area contributed by atoms with E-state index in [1.54, 1.807) is 0 Å². The van der Waals surface area contributed by atoms with Crippen molar-refractivity contribution >= 4 is 5.91 Å². The second-order valence-electron chi connectivity index (χ2n) is 5.04. The highest BCUT2D eigenvalue weighted by Crippen LogP contribution is 2.24. The molecule has 1 aromatic rings. The Kier molecular flexibility index (Phi) is 3.99. The molecule has 0 saturated carbocycles. The van der Waals surface area contributed by atoms with Gasteiger partial charge in [0.1, 0.15) is 0 Å². The summed E-state index contributed by atoms with van der Waals surface area (Å²) in [7, 11) is 0. The van der Waals surface area contributed by atoms with Crippen LogP contribution in [-0.4, -0.2) is 36.5 Å². The van der Waals surface area contributed by atoms with E-state index in [0.717, 1.165) is 6.54 Å². The molecule has 0 spiro atoms. The second-order valence-corrected chi connectivity index (χ2v) is 5.04. The molecule has 3 N–H and O–H groups in total. The van der Waals surface area contributed by atoms with E-state index in [0.29, 0.717) is 13.1 Å². The highest BCUT2D eigenvalue weighted by molar-refractivity contribution is 5.78. The quantitative estimate of drug-likeness (QED) is 0.831. The molecular weight excluding hydrogens is 226 g/mol. The minimum Gasteiger partial charge on any atom is -0.354 e. The van der Waals surface area contributed by atoms with Gasteiger partial charge in [0.25, 0.3) is 0 Å². The maximum Gasteiger partial charge on any atom is 0.234 e. The zero-order valence-corrected chi connectivity index (χ0v) is 11.0. The molecule has 2 atom stereocenters. The monoisotopic (exact) mass is 247 g/mol. The van der Waals surface area contributed by atoms with Gasteiger partial charge >= 0.3 is 0 Å². The van der Waals surface area contributed by atoms with Crippen LogP contribution in [0, 0.1) is 6.92 Å². The Balaban J connectivity index is 2.25. The van der Waals surface area contributed by atoms with E-state index in [4.69, 9.17) is 5.73 Å². The zero-order valence-electron chi connectivity index (χ0n) is 11.0. The molecule has 0 aliphatic carbocycles. The summed E-state index contributed by atoms with van der Waals surface area (Å²) in [4.78, 5) is 13.7. The number of amides is 1. The van der Waals surface area contributed by atoms with Gasteiger partial charge in [-0.3, -0.25) is 9.69 Å². The van der Waals surface area contributed by atoms with E-state index in [-0.39, 0.29) is 18.0 Å². The molecule has 4 nitrogen and oxygen atoms in total. The Labute approximate surface area is 108 Å². The van der Waals surface area contributed by atoms with Crippen LogP contribution < -0.4 is 11.1 Å². The number of carbonyl (C=O) groups is 1. The molecule has 98 valence electrons. The zero-order chi connectivity index (χ0) is 13.1. The molecule has 2 rings (SSSR count). The van der Waals surface area contributed by atoms with Crippen LogP contribution >= 0.6 is 0 Å². The van der Waals surface area contributed by atoms with Crippen LogP contribution in [0.5, 0.6) is 0 Å². The molecule has 0 aromatic heterocycles. The van der Waals surface area contributed by atoms with Crippen molar-refractivity contribution in [3.05, 3.63) is 35.4 Å². The van der Waals surface area contributed by atoms with Crippen molar-refractivity contribution in [2.24, 2.45) is 5.73 Å². The average Bonchev–Trinajstić information content (AvgIpc) is 2.28. The Morgan fingerprint density at radius 2 is 2.22 bits per heavy atom. The SMILES string of the molecule is Cc1cccc(C(C(C)N)N2CCNC(=O)C2)c1. The first-order chi connectivity index (χ1) is 8.58. The Morgan fingerprint density at radius 1 is 1.44 bits per heavy atom. The Morgan fingerprint density at radius 3 is 2.83 bits per heavy atom. The van der Waals surface area contributed by atoms with Crippen molar-refractivity contribution < 1.29 is 4.79 Å². The van der Waals surface area contributed by atoms with E-state index in [1.807, 2.05) is 13.0 Å². The molecule has 0 bridgehead atoms.